The topological polar surface area (TPSA) is 41.9 Å². The van der Waals surface area contributed by atoms with Gasteiger partial charge in [0.05, 0.1) is 5.69 Å². The van der Waals surface area contributed by atoms with Crippen molar-refractivity contribution in [3.8, 4) is 0 Å². The van der Waals surface area contributed by atoms with Gasteiger partial charge in [-0.05, 0) is 37.5 Å². The fraction of sp³-hybridized carbons (Fsp3) is 0.222. The van der Waals surface area contributed by atoms with Crippen LogP contribution in [0.5, 0.6) is 0 Å². The molecule has 0 unspecified atom stereocenters. The number of anilines is 1. The Morgan fingerprint density at radius 3 is 2.61 bits per heavy atom. The van der Waals surface area contributed by atoms with Gasteiger partial charge >= 0.3 is 0 Å². The van der Waals surface area contributed by atoms with Gasteiger partial charge in [0.1, 0.15) is 0 Å². The largest absolute Gasteiger partial charge is 0.358 e. The van der Waals surface area contributed by atoms with Crippen molar-refractivity contribution in [3.05, 3.63) is 59.4 Å². The molecule has 0 aliphatic heterocycles. The molecule has 118 valence electrons. The monoisotopic (exact) mass is 324 g/mol. The van der Waals surface area contributed by atoms with Gasteiger partial charge in [0.2, 0.25) is 0 Å². The summed E-state index contributed by atoms with van der Waals surface area (Å²) in [6.45, 7) is 4.76. The maximum absolute atomic E-state index is 5.44. The maximum atomic E-state index is 5.44. The zero-order valence-electron chi connectivity index (χ0n) is 13.6. The molecule has 0 spiro atoms. The number of nitrogens with zero attached hydrogens (tertiary/aromatic N) is 2. The second-order valence-corrected chi connectivity index (χ2v) is 6.02. The molecule has 2 aromatic carbocycles. The molecule has 0 aliphatic carbocycles. The highest BCUT2D eigenvalue weighted by molar-refractivity contribution is 7.80. The van der Waals surface area contributed by atoms with Crippen molar-refractivity contribution in [2.45, 2.75) is 20.4 Å². The Kier molecular flexibility index (Phi) is 4.30. The normalized spacial score (nSPS) is 10.7. The Labute approximate surface area is 141 Å². The molecule has 4 nitrogen and oxygen atoms in total. The first-order valence-corrected chi connectivity index (χ1v) is 7.99. The van der Waals surface area contributed by atoms with Crippen LogP contribution in [-0.2, 0) is 13.6 Å². The van der Waals surface area contributed by atoms with Crippen molar-refractivity contribution in [2.75, 3.05) is 5.32 Å². The van der Waals surface area contributed by atoms with Crippen molar-refractivity contribution in [1.29, 1.82) is 0 Å². The molecule has 1 aromatic heterocycles. The lowest BCUT2D eigenvalue weighted by Crippen LogP contribution is -2.28. The Morgan fingerprint density at radius 2 is 1.87 bits per heavy atom. The predicted octanol–water partition coefficient (Wildman–Crippen LogP) is 3.68. The molecular weight excluding hydrogens is 304 g/mol. The first-order valence-electron chi connectivity index (χ1n) is 7.58. The van der Waals surface area contributed by atoms with Gasteiger partial charge in [0.15, 0.2) is 5.11 Å². The lowest BCUT2D eigenvalue weighted by atomic mass is 10.1. The molecule has 23 heavy (non-hydrogen) atoms. The summed E-state index contributed by atoms with van der Waals surface area (Å²) < 4.78 is 1.90. The van der Waals surface area contributed by atoms with Crippen molar-refractivity contribution in [2.24, 2.45) is 7.05 Å². The molecule has 2 N–H and O–H groups in total. The molecule has 0 atom stereocenters. The van der Waals surface area contributed by atoms with E-state index in [0.29, 0.717) is 11.7 Å². The number of thiocarbonyl (C=S) groups is 1. The van der Waals surface area contributed by atoms with E-state index in [-0.39, 0.29) is 0 Å². The first kappa shape index (κ1) is 15.5. The molecule has 0 aliphatic rings. The number of benzene rings is 2. The minimum absolute atomic E-state index is 0.615. The summed E-state index contributed by atoms with van der Waals surface area (Å²) in [6.07, 6.45) is 0. The van der Waals surface area contributed by atoms with Crippen LogP contribution in [0.2, 0.25) is 0 Å². The van der Waals surface area contributed by atoms with Gasteiger partial charge in [-0.2, -0.15) is 5.10 Å². The Bertz CT molecular complexity index is 861. The van der Waals surface area contributed by atoms with Gasteiger partial charge < -0.3 is 10.6 Å². The Balaban J connectivity index is 1.72. The number of hydrogen-bond acceptors (Lipinski definition) is 2. The number of aryl methyl sites for hydroxylation is 2. The van der Waals surface area contributed by atoms with E-state index >= 15 is 0 Å². The number of hydrogen-bond donors (Lipinski definition) is 2. The predicted molar refractivity (Wildman–Crippen MR) is 99.7 cm³/mol. The summed E-state index contributed by atoms with van der Waals surface area (Å²) in [5.74, 6) is 0. The second kappa shape index (κ2) is 6.38. The van der Waals surface area contributed by atoms with Crippen molar-refractivity contribution in [1.82, 2.24) is 15.1 Å². The quantitative estimate of drug-likeness (QED) is 0.721. The van der Waals surface area contributed by atoms with Crippen LogP contribution in [0.1, 0.15) is 17.0 Å². The molecule has 0 saturated heterocycles. The minimum Gasteiger partial charge on any atom is -0.358 e. The fourth-order valence-corrected chi connectivity index (χ4v) is 2.93. The molecule has 0 saturated carbocycles. The standard InChI is InChI=1S/C18H20N4S/c1-12-16(13(2)22(3)21-12)11-19-18(23)20-17-10-6-8-14-7-4-5-9-15(14)17/h4-10H,11H2,1-3H3,(H2,19,20,23). The van der Waals surface area contributed by atoms with Gasteiger partial charge in [-0.1, -0.05) is 36.4 Å². The highest BCUT2D eigenvalue weighted by Crippen LogP contribution is 2.22. The maximum Gasteiger partial charge on any atom is 0.171 e. The van der Waals surface area contributed by atoms with Crippen molar-refractivity contribution >= 4 is 33.8 Å². The zero-order chi connectivity index (χ0) is 16.4. The van der Waals surface area contributed by atoms with Gasteiger partial charge in [-0.15, -0.1) is 0 Å². The van der Waals surface area contributed by atoms with Gasteiger partial charge in [-0.25, -0.2) is 0 Å². The highest BCUT2D eigenvalue weighted by Gasteiger charge is 2.09. The molecule has 0 amide bonds. The number of rotatable bonds is 3. The smallest absolute Gasteiger partial charge is 0.171 e. The minimum atomic E-state index is 0.615. The van der Waals surface area contributed by atoms with E-state index < -0.39 is 0 Å². The molecule has 1 heterocycles. The van der Waals surface area contributed by atoms with Gasteiger partial charge in [-0.3, -0.25) is 4.68 Å². The molecule has 0 fully saturated rings. The van der Waals surface area contributed by atoms with Crippen LogP contribution in [0, 0.1) is 13.8 Å². The van der Waals surface area contributed by atoms with Gasteiger partial charge in [0, 0.05) is 35.9 Å². The van der Waals surface area contributed by atoms with Crippen LogP contribution < -0.4 is 10.6 Å². The third-order valence-corrected chi connectivity index (χ3v) is 4.37. The highest BCUT2D eigenvalue weighted by atomic mass is 32.1. The third kappa shape index (κ3) is 3.19. The van der Waals surface area contributed by atoms with Crippen LogP contribution >= 0.6 is 12.2 Å². The van der Waals surface area contributed by atoms with E-state index in [2.05, 4.69) is 40.9 Å². The summed E-state index contributed by atoms with van der Waals surface area (Å²) in [5, 5.41) is 14.0. The Morgan fingerprint density at radius 1 is 1.13 bits per heavy atom. The molecule has 0 bridgehead atoms. The SMILES string of the molecule is Cc1nn(C)c(C)c1CNC(=S)Nc1cccc2ccccc12. The first-order chi connectivity index (χ1) is 11.1. The van der Waals surface area contributed by atoms with Crippen LogP contribution in [-0.4, -0.2) is 14.9 Å². The van der Waals surface area contributed by atoms with E-state index in [1.54, 1.807) is 0 Å². The summed E-state index contributed by atoms with van der Waals surface area (Å²) >= 11 is 5.44. The molecule has 3 rings (SSSR count). The van der Waals surface area contributed by atoms with E-state index in [9.17, 15) is 0 Å². The fourth-order valence-electron chi connectivity index (χ4n) is 2.74. The third-order valence-electron chi connectivity index (χ3n) is 4.12. The number of fused-ring (bicyclic) bond motifs is 1. The summed E-state index contributed by atoms with van der Waals surface area (Å²) in [6, 6.07) is 14.4. The van der Waals surface area contributed by atoms with Gasteiger partial charge in [0.25, 0.3) is 0 Å². The van der Waals surface area contributed by atoms with Crippen molar-refractivity contribution in [3.63, 3.8) is 0 Å². The average Bonchev–Trinajstić information content (AvgIpc) is 2.78. The van der Waals surface area contributed by atoms with Crippen LogP contribution in [0.15, 0.2) is 42.5 Å². The molecule has 0 radical (unpaired) electrons. The lowest BCUT2D eigenvalue weighted by Gasteiger charge is -2.13. The van der Waals surface area contributed by atoms with Crippen LogP contribution in [0.3, 0.4) is 0 Å². The summed E-state index contributed by atoms with van der Waals surface area (Å²) in [7, 11) is 1.96. The lowest BCUT2D eigenvalue weighted by molar-refractivity contribution is 0.729. The molecule has 3 aromatic rings. The molecule has 5 heteroatoms. The second-order valence-electron chi connectivity index (χ2n) is 5.61. The number of aromatic nitrogens is 2. The Hall–Kier alpha value is -2.40. The number of nitrogens with one attached hydrogen (secondary N) is 2. The molecular formula is C18H20N4S. The van der Waals surface area contributed by atoms with Crippen LogP contribution in [0.25, 0.3) is 10.8 Å². The van der Waals surface area contributed by atoms with E-state index in [4.69, 9.17) is 12.2 Å². The summed E-state index contributed by atoms with van der Waals surface area (Å²) in [4.78, 5) is 0. The zero-order valence-corrected chi connectivity index (χ0v) is 14.4. The van der Waals surface area contributed by atoms with Crippen LogP contribution in [0.4, 0.5) is 5.69 Å². The van der Waals surface area contributed by atoms with E-state index in [1.807, 2.05) is 42.9 Å². The van der Waals surface area contributed by atoms with E-state index in [1.165, 1.54) is 10.9 Å². The average molecular weight is 324 g/mol. The van der Waals surface area contributed by atoms with Crippen molar-refractivity contribution < 1.29 is 0 Å². The summed E-state index contributed by atoms with van der Waals surface area (Å²) in [5.41, 5.74) is 4.39. The van der Waals surface area contributed by atoms with E-state index in [0.717, 1.165) is 22.5 Å².